The number of rotatable bonds is 2. The number of nitrogens with one attached hydrogen (secondary N) is 1. The number of sulfonamides is 1. The van der Waals surface area contributed by atoms with Gasteiger partial charge in [0.1, 0.15) is 4.90 Å². The monoisotopic (exact) mass is 373 g/mol. The average molecular weight is 373 g/mol. The van der Waals surface area contributed by atoms with Gasteiger partial charge < -0.3 is 10.2 Å². The largest absolute Gasteiger partial charge is 0.353 e. The van der Waals surface area contributed by atoms with E-state index >= 15 is 0 Å². The smallest absolute Gasteiger partial charge is 0.285 e. The third-order valence-corrected chi connectivity index (χ3v) is 5.96. The van der Waals surface area contributed by atoms with Crippen molar-refractivity contribution in [2.24, 2.45) is 11.4 Å². The van der Waals surface area contributed by atoms with Crippen molar-refractivity contribution >= 4 is 21.8 Å². The molecule has 1 aromatic heterocycles. The van der Waals surface area contributed by atoms with Crippen LogP contribution in [-0.4, -0.2) is 54.0 Å². The topological polar surface area (TPSA) is 96.7 Å². The summed E-state index contributed by atoms with van der Waals surface area (Å²) >= 11 is 0. The highest BCUT2D eigenvalue weighted by molar-refractivity contribution is 7.90. The standard InChI is InChI=1S/C17H19N5O3S/c1-21-10-12(9-18-21)17(23)19-13-5-4-8-22(11-13)16-14-6-2-3-7-15(14)26(24,25)20-16/h2-3,6-7,9-10,13H,4-5,8,11H2,1H3,(H,19,23). The molecule has 0 saturated carbocycles. The zero-order chi connectivity index (χ0) is 18.3. The maximum atomic E-state index is 12.3. The third-order valence-electron chi connectivity index (χ3n) is 4.64. The van der Waals surface area contributed by atoms with Crippen LogP contribution in [0, 0.1) is 0 Å². The van der Waals surface area contributed by atoms with Crippen LogP contribution in [0.15, 0.2) is 46.0 Å². The van der Waals surface area contributed by atoms with E-state index in [2.05, 4.69) is 14.8 Å². The maximum absolute atomic E-state index is 12.3. The summed E-state index contributed by atoms with van der Waals surface area (Å²) in [6, 6.07) is 6.78. The van der Waals surface area contributed by atoms with E-state index in [1.807, 2.05) is 4.90 Å². The number of piperidine rings is 1. The lowest BCUT2D eigenvalue weighted by Crippen LogP contribution is -2.49. The molecule has 1 aromatic carbocycles. The highest BCUT2D eigenvalue weighted by atomic mass is 32.2. The number of amidine groups is 1. The zero-order valence-corrected chi connectivity index (χ0v) is 15.1. The predicted molar refractivity (Wildman–Crippen MR) is 95.4 cm³/mol. The second kappa shape index (κ2) is 6.24. The van der Waals surface area contributed by atoms with Gasteiger partial charge in [-0.3, -0.25) is 9.48 Å². The minimum absolute atomic E-state index is 0.0744. The SMILES string of the molecule is Cn1cc(C(=O)NC2CCCN(C3=NS(=O)(=O)c4ccccc43)C2)cn1. The van der Waals surface area contributed by atoms with Crippen LogP contribution >= 0.6 is 0 Å². The summed E-state index contributed by atoms with van der Waals surface area (Å²) in [7, 11) is -1.88. The van der Waals surface area contributed by atoms with Crippen molar-refractivity contribution in [3.8, 4) is 0 Å². The number of hydrogen-bond acceptors (Lipinski definition) is 5. The lowest BCUT2D eigenvalue weighted by Gasteiger charge is -2.34. The molecule has 9 heteroatoms. The number of likely N-dealkylation sites (tertiary alicyclic amines) is 1. The van der Waals surface area contributed by atoms with Crippen molar-refractivity contribution in [1.82, 2.24) is 20.0 Å². The van der Waals surface area contributed by atoms with Crippen LogP contribution in [-0.2, 0) is 17.1 Å². The molecule has 1 saturated heterocycles. The fraction of sp³-hybridized carbons (Fsp3) is 0.353. The summed E-state index contributed by atoms with van der Waals surface area (Å²) < 4.78 is 30.1. The van der Waals surface area contributed by atoms with Gasteiger partial charge >= 0.3 is 0 Å². The van der Waals surface area contributed by atoms with Crippen molar-refractivity contribution in [2.45, 2.75) is 23.8 Å². The van der Waals surface area contributed by atoms with Crippen LogP contribution in [0.2, 0.25) is 0 Å². The molecule has 8 nitrogen and oxygen atoms in total. The molecule has 0 aliphatic carbocycles. The average Bonchev–Trinajstić information content (AvgIpc) is 3.17. The Morgan fingerprint density at radius 3 is 2.88 bits per heavy atom. The van der Waals surface area contributed by atoms with E-state index < -0.39 is 10.0 Å². The van der Waals surface area contributed by atoms with Gasteiger partial charge in [0.15, 0.2) is 5.84 Å². The predicted octanol–water partition coefficient (Wildman–Crippen LogP) is 0.763. The summed E-state index contributed by atoms with van der Waals surface area (Å²) in [4.78, 5) is 14.5. The highest BCUT2D eigenvalue weighted by Crippen LogP contribution is 2.28. The minimum Gasteiger partial charge on any atom is -0.353 e. The van der Waals surface area contributed by atoms with Gasteiger partial charge in [0.05, 0.1) is 11.8 Å². The number of nitrogens with zero attached hydrogens (tertiary/aromatic N) is 4. The van der Waals surface area contributed by atoms with E-state index in [1.165, 1.54) is 6.20 Å². The number of carbonyl (C=O) groups is 1. The van der Waals surface area contributed by atoms with E-state index in [-0.39, 0.29) is 16.8 Å². The molecule has 2 aromatic rings. The second-order valence-corrected chi connectivity index (χ2v) is 8.12. The molecule has 0 spiro atoms. The molecule has 1 unspecified atom stereocenters. The normalized spacial score (nSPS) is 21.2. The molecular formula is C17H19N5O3S. The first-order valence-electron chi connectivity index (χ1n) is 8.43. The number of aromatic nitrogens is 2. The Kier molecular flexibility index (Phi) is 4.03. The van der Waals surface area contributed by atoms with E-state index in [0.29, 0.717) is 30.1 Å². The van der Waals surface area contributed by atoms with Crippen LogP contribution in [0.4, 0.5) is 0 Å². The molecular weight excluding hydrogens is 354 g/mol. The molecule has 4 rings (SSSR count). The van der Waals surface area contributed by atoms with Gasteiger partial charge in [-0.1, -0.05) is 12.1 Å². The molecule has 1 N–H and O–H groups in total. The minimum atomic E-state index is -3.64. The van der Waals surface area contributed by atoms with Crippen LogP contribution < -0.4 is 5.32 Å². The lowest BCUT2D eigenvalue weighted by atomic mass is 10.0. The van der Waals surface area contributed by atoms with Gasteiger partial charge in [-0.15, -0.1) is 4.40 Å². The van der Waals surface area contributed by atoms with Crippen LogP contribution in [0.3, 0.4) is 0 Å². The first kappa shape index (κ1) is 16.8. The number of benzene rings is 1. The summed E-state index contributed by atoms with van der Waals surface area (Å²) in [6.45, 7) is 1.23. The van der Waals surface area contributed by atoms with E-state index in [0.717, 1.165) is 12.8 Å². The summed E-state index contributed by atoms with van der Waals surface area (Å²) in [5.74, 6) is 0.298. The van der Waals surface area contributed by atoms with Gasteiger partial charge in [-0.05, 0) is 25.0 Å². The Labute approximate surface area is 151 Å². The quantitative estimate of drug-likeness (QED) is 0.838. The lowest BCUT2D eigenvalue weighted by molar-refractivity contribution is 0.0920. The molecule has 2 aliphatic rings. The van der Waals surface area contributed by atoms with E-state index in [4.69, 9.17) is 0 Å². The Bertz CT molecular complexity index is 995. The molecule has 3 heterocycles. The molecule has 0 bridgehead atoms. The summed E-state index contributed by atoms with van der Waals surface area (Å²) in [5, 5.41) is 7.02. The fourth-order valence-corrected chi connectivity index (χ4v) is 4.64. The maximum Gasteiger partial charge on any atom is 0.285 e. The molecule has 1 fully saturated rings. The number of aryl methyl sites for hydroxylation is 1. The van der Waals surface area contributed by atoms with E-state index in [9.17, 15) is 13.2 Å². The fourth-order valence-electron chi connectivity index (χ4n) is 3.41. The van der Waals surface area contributed by atoms with Crippen molar-refractivity contribution in [3.05, 3.63) is 47.8 Å². The molecule has 1 amide bonds. The summed E-state index contributed by atoms with van der Waals surface area (Å²) in [6.07, 6.45) is 4.88. The highest BCUT2D eigenvalue weighted by Gasteiger charge is 2.34. The Hall–Kier alpha value is -2.68. The second-order valence-electron chi connectivity index (χ2n) is 6.55. The zero-order valence-electron chi connectivity index (χ0n) is 14.3. The van der Waals surface area contributed by atoms with Crippen LogP contribution in [0.25, 0.3) is 0 Å². The van der Waals surface area contributed by atoms with Gasteiger partial charge in [-0.25, -0.2) is 0 Å². The van der Waals surface area contributed by atoms with Crippen molar-refractivity contribution < 1.29 is 13.2 Å². The van der Waals surface area contributed by atoms with Gasteiger partial charge in [0.25, 0.3) is 15.9 Å². The van der Waals surface area contributed by atoms with Crippen LogP contribution in [0.1, 0.15) is 28.8 Å². The van der Waals surface area contributed by atoms with Crippen molar-refractivity contribution in [1.29, 1.82) is 0 Å². The Morgan fingerprint density at radius 1 is 1.31 bits per heavy atom. The number of hydrogen-bond donors (Lipinski definition) is 1. The van der Waals surface area contributed by atoms with Gasteiger partial charge in [-0.2, -0.15) is 13.5 Å². The molecule has 2 aliphatic heterocycles. The number of carbonyl (C=O) groups excluding carboxylic acids is 1. The molecule has 136 valence electrons. The molecule has 26 heavy (non-hydrogen) atoms. The van der Waals surface area contributed by atoms with E-state index in [1.54, 1.807) is 42.2 Å². The third kappa shape index (κ3) is 2.98. The molecule has 1 atom stereocenters. The van der Waals surface area contributed by atoms with Crippen molar-refractivity contribution in [3.63, 3.8) is 0 Å². The first-order valence-corrected chi connectivity index (χ1v) is 9.87. The number of amides is 1. The van der Waals surface area contributed by atoms with Gasteiger partial charge in [0.2, 0.25) is 0 Å². The Morgan fingerprint density at radius 2 is 2.12 bits per heavy atom. The molecule has 0 radical (unpaired) electrons. The van der Waals surface area contributed by atoms with Crippen molar-refractivity contribution in [2.75, 3.05) is 13.1 Å². The Balaban J connectivity index is 1.52. The van der Waals surface area contributed by atoms with Gasteiger partial charge in [0, 0.05) is 37.9 Å². The van der Waals surface area contributed by atoms with Crippen LogP contribution in [0.5, 0.6) is 0 Å². The first-order chi connectivity index (χ1) is 12.4. The summed E-state index contributed by atoms with van der Waals surface area (Å²) in [5.41, 5.74) is 1.14. The number of fused-ring (bicyclic) bond motifs is 1.